The van der Waals surface area contributed by atoms with Gasteiger partial charge in [0.2, 0.25) is 0 Å². The van der Waals surface area contributed by atoms with Gasteiger partial charge < -0.3 is 15.0 Å². The number of benzene rings is 1. The van der Waals surface area contributed by atoms with Crippen LogP contribution in [0.4, 0.5) is 5.69 Å². The van der Waals surface area contributed by atoms with Gasteiger partial charge in [-0.25, -0.2) is 0 Å². The number of rotatable bonds is 5. The van der Waals surface area contributed by atoms with Crippen molar-refractivity contribution in [3.8, 4) is 6.07 Å². The number of carbonyl (C=O) groups excluding carboxylic acids is 2. The van der Waals surface area contributed by atoms with Gasteiger partial charge in [0.05, 0.1) is 31.3 Å². The minimum atomic E-state index is -0.270. The molecular formula is C18H24N3O3+. The Bertz CT molecular complexity index is 639. The van der Waals surface area contributed by atoms with Crippen LogP contribution in [0.2, 0.25) is 0 Å². The fraction of sp³-hybridized carbons (Fsp3) is 0.500. The molecule has 0 bridgehead atoms. The predicted octanol–water partition coefficient (Wildman–Crippen LogP) is 0.743. The zero-order chi connectivity index (χ0) is 17.5. The Morgan fingerprint density at radius 1 is 1.50 bits per heavy atom. The second-order valence-corrected chi connectivity index (χ2v) is 6.11. The van der Waals surface area contributed by atoms with Crippen molar-refractivity contribution in [2.24, 2.45) is 5.92 Å². The largest absolute Gasteiger partial charge is 0.466 e. The molecule has 0 aromatic heterocycles. The van der Waals surface area contributed by atoms with Gasteiger partial charge in [-0.3, -0.25) is 9.59 Å². The van der Waals surface area contributed by atoms with Gasteiger partial charge in [-0.2, -0.15) is 5.26 Å². The van der Waals surface area contributed by atoms with E-state index in [-0.39, 0.29) is 23.8 Å². The molecule has 0 radical (unpaired) electrons. The molecule has 3 atom stereocenters. The molecule has 1 amide bonds. The van der Waals surface area contributed by atoms with Crippen LogP contribution in [-0.2, 0) is 14.3 Å². The summed E-state index contributed by atoms with van der Waals surface area (Å²) in [5.41, 5.74) is 1.12. The number of amides is 1. The fourth-order valence-corrected chi connectivity index (χ4v) is 3.05. The van der Waals surface area contributed by atoms with E-state index in [1.165, 1.54) is 0 Å². The van der Waals surface area contributed by atoms with E-state index in [1.54, 1.807) is 31.2 Å². The molecule has 1 aromatic rings. The summed E-state index contributed by atoms with van der Waals surface area (Å²) in [4.78, 5) is 25.5. The highest BCUT2D eigenvalue weighted by Crippen LogP contribution is 2.12. The van der Waals surface area contributed by atoms with Gasteiger partial charge >= 0.3 is 5.97 Å². The number of nitrogens with one attached hydrogen (secondary N) is 2. The number of nitriles is 1. The smallest absolute Gasteiger partial charge is 0.314 e. The molecule has 6 nitrogen and oxygen atoms in total. The van der Waals surface area contributed by atoms with Gasteiger partial charge in [0, 0.05) is 5.69 Å². The van der Waals surface area contributed by atoms with Gasteiger partial charge in [-0.15, -0.1) is 0 Å². The average molecular weight is 330 g/mol. The first-order valence-electron chi connectivity index (χ1n) is 8.37. The van der Waals surface area contributed by atoms with E-state index in [2.05, 4.69) is 11.4 Å². The van der Waals surface area contributed by atoms with Gasteiger partial charge in [-0.1, -0.05) is 6.07 Å². The van der Waals surface area contributed by atoms with Crippen molar-refractivity contribution >= 4 is 17.6 Å². The summed E-state index contributed by atoms with van der Waals surface area (Å²) >= 11 is 0. The lowest BCUT2D eigenvalue weighted by Gasteiger charge is -2.32. The number of quaternary nitrogens is 1. The van der Waals surface area contributed by atoms with E-state index in [0.29, 0.717) is 24.4 Å². The molecule has 2 N–H and O–H groups in total. The Morgan fingerprint density at radius 2 is 2.29 bits per heavy atom. The van der Waals surface area contributed by atoms with Crippen molar-refractivity contribution < 1.29 is 19.2 Å². The van der Waals surface area contributed by atoms with Crippen molar-refractivity contribution in [2.75, 3.05) is 25.0 Å². The number of ether oxygens (including phenoxy) is 1. The van der Waals surface area contributed by atoms with Crippen LogP contribution in [0.15, 0.2) is 24.3 Å². The quantitative estimate of drug-likeness (QED) is 0.780. The van der Waals surface area contributed by atoms with Crippen LogP contribution in [0.5, 0.6) is 0 Å². The Hall–Kier alpha value is -2.39. The van der Waals surface area contributed by atoms with Crippen LogP contribution < -0.4 is 10.2 Å². The molecule has 0 spiro atoms. The summed E-state index contributed by atoms with van der Waals surface area (Å²) < 4.78 is 5.11. The number of esters is 1. The van der Waals surface area contributed by atoms with Crippen LogP contribution in [0.25, 0.3) is 0 Å². The summed E-state index contributed by atoms with van der Waals surface area (Å²) in [6.45, 7) is 5.54. The van der Waals surface area contributed by atoms with Crippen LogP contribution in [-0.4, -0.2) is 37.6 Å². The predicted molar refractivity (Wildman–Crippen MR) is 89.3 cm³/mol. The number of piperidine rings is 1. The summed E-state index contributed by atoms with van der Waals surface area (Å²) in [5.74, 6) is -0.403. The Morgan fingerprint density at radius 3 is 3.00 bits per heavy atom. The number of hydrogen-bond acceptors (Lipinski definition) is 4. The third kappa shape index (κ3) is 4.56. The summed E-state index contributed by atoms with van der Waals surface area (Å²) in [7, 11) is 0. The van der Waals surface area contributed by atoms with Gasteiger partial charge in [0.25, 0.3) is 5.91 Å². The lowest BCUT2D eigenvalue weighted by atomic mass is 9.97. The van der Waals surface area contributed by atoms with Crippen LogP contribution in [0.3, 0.4) is 0 Å². The van der Waals surface area contributed by atoms with Gasteiger partial charge in [0.15, 0.2) is 6.04 Å². The van der Waals surface area contributed by atoms with E-state index < -0.39 is 0 Å². The van der Waals surface area contributed by atoms with E-state index in [0.717, 1.165) is 24.3 Å². The number of nitrogens with zero attached hydrogens (tertiary/aromatic N) is 1. The number of hydrogen-bond donors (Lipinski definition) is 2. The monoisotopic (exact) mass is 330 g/mol. The lowest BCUT2D eigenvalue weighted by Crippen LogP contribution is -3.18. The normalized spacial score (nSPS) is 21.4. The fourth-order valence-electron chi connectivity index (χ4n) is 3.05. The second-order valence-electron chi connectivity index (χ2n) is 6.11. The zero-order valence-corrected chi connectivity index (χ0v) is 14.2. The molecule has 1 aliphatic rings. The molecule has 2 rings (SSSR count). The highest BCUT2D eigenvalue weighted by Gasteiger charge is 2.34. The first-order valence-corrected chi connectivity index (χ1v) is 8.37. The van der Waals surface area contributed by atoms with E-state index >= 15 is 0 Å². The molecule has 1 unspecified atom stereocenters. The zero-order valence-electron chi connectivity index (χ0n) is 14.2. The third-order valence-corrected chi connectivity index (χ3v) is 4.44. The van der Waals surface area contributed by atoms with Crippen molar-refractivity contribution in [2.45, 2.75) is 32.7 Å². The SMILES string of the molecule is CCOC(=O)[C@H]1CCC[NH+]([C@@H](C)C(=O)Nc2cccc(C#N)c2)C1. The summed E-state index contributed by atoms with van der Waals surface area (Å²) in [5, 5.41) is 11.8. The topological polar surface area (TPSA) is 83.6 Å². The molecule has 6 heteroatoms. The molecule has 1 heterocycles. The van der Waals surface area contributed by atoms with Crippen LogP contribution in [0.1, 0.15) is 32.3 Å². The van der Waals surface area contributed by atoms with E-state index in [4.69, 9.17) is 10.00 Å². The maximum Gasteiger partial charge on any atom is 0.314 e. The van der Waals surface area contributed by atoms with Crippen molar-refractivity contribution in [1.29, 1.82) is 5.26 Å². The third-order valence-electron chi connectivity index (χ3n) is 4.44. The lowest BCUT2D eigenvalue weighted by molar-refractivity contribution is -0.921. The average Bonchev–Trinajstić information content (AvgIpc) is 2.61. The molecular weight excluding hydrogens is 306 g/mol. The molecule has 1 aliphatic heterocycles. The Kier molecular flexibility index (Phi) is 6.33. The molecule has 1 saturated heterocycles. The maximum atomic E-state index is 12.5. The molecule has 24 heavy (non-hydrogen) atoms. The van der Waals surface area contributed by atoms with Crippen LogP contribution >= 0.6 is 0 Å². The molecule has 1 fully saturated rings. The Balaban J connectivity index is 1.96. The molecule has 1 aromatic carbocycles. The van der Waals surface area contributed by atoms with Crippen LogP contribution in [0, 0.1) is 17.2 Å². The summed E-state index contributed by atoms with van der Waals surface area (Å²) in [6, 6.07) is 8.63. The highest BCUT2D eigenvalue weighted by molar-refractivity contribution is 5.93. The second kappa shape index (κ2) is 8.46. The van der Waals surface area contributed by atoms with Gasteiger partial charge in [0.1, 0.15) is 5.92 Å². The van der Waals surface area contributed by atoms with Crippen molar-refractivity contribution in [3.63, 3.8) is 0 Å². The van der Waals surface area contributed by atoms with Crippen molar-refractivity contribution in [1.82, 2.24) is 0 Å². The Labute approximate surface area is 142 Å². The standard InChI is InChI=1S/C18H23N3O3/c1-3-24-18(23)15-7-5-9-21(12-15)13(2)17(22)20-16-8-4-6-14(10-16)11-19/h4,6,8,10,13,15H,3,5,7,9,12H2,1-2H3,(H,20,22)/p+1/t13-,15-/m0/s1. The van der Waals surface area contributed by atoms with Gasteiger partial charge in [-0.05, 0) is 44.9 Å². The van der Waals surface area contributed by atoms with E-state index in [1.807, 2.05) is 6.92 Å². The molecule has 0 aliphatic carbocycles. The first kappa shape index (κ1) is 18.0. The maximum absolute atomic E-state index is 12.5. The minimum absolute atomic E-state index is 0.107. The minimum Gasteiger partial charge on any atom is -0.466 e. The number of anilines is 1. The summed E-state index contributed by atoms with van der Waals surface area (Å²) in [6.07, 6.45) is 1.72. The van der Waals surface area contributed by atoms with Crippen molar-refractivity contribution in [3.05, 3.63) is 29.8 Å². The molecule has 0 saturated carbocycles. The number of likely N-dealkylation sites (tertiary alicyclic amines) is 1. The molecule has 128 valence electrons. The number of carbonyl (C=O) groups is 2. The van der Waals surface area contributed by atoms with E-state index in [9.17, 15) is 9.59 Å². The highest BCUT2D eigenvalue weighted by atomic mass is 16.5. The first-order chi connectivity index (χ1) is 11.5.